The molecule has 0 radical (unpaired) electrons. The molecule has 0 aromatic rings. The summed E-state index contributed by atoms with van der Waals surface area (Å²) in [5, 5.41) is 10.3. The smallest absolute Gasteiger partial charge is 0.0880 e. The van der Waals surface area contributed by atoms with Gasteiger partial charge in [0, 0.05) is 0 Å². The second-order valence-electron chi connectivity index (χ2n) is 5.56. The van der Waals surface area contributed by atoms with E-state index in [1.54, 1.807) is 0 Å². The lowest BCUT2D eigenvalue weighted by atomic mass is 9.85. The fourth-order valence-corrected chi connectivity index (χ4v) is 3.11. The molecule has 0 aromatic carbocycles. The van der Waals surface area contributed by atoms with Crippen molar-refractivity contribution in [2.45, 2.75) is 63.1 Å². The van der Waals surface area contributed by atoms with Crippen LogP contribution in [0.25, 0.3) is 0 Å². The number of hydrogen-bond acceptors (Lipinski definition) is 3. The number of ether oxygens (including phenoxy) is 1. The van der Waals surface area contributed by atoms with Crippen LogP contribution in [0.5, 0.6) is 0 Å². The molecule has 94 valence electrons. The minimum Gasteiger partial charge on any atom is -0.387 e. The molecule has 3 heteroatoms. The number of nitrogens with two attached hydrogens (primary N) is 1. The zero-order chi connectivity index (χ0) is 11.4. The Balaban J connectivity index is 1.77. The molecule has 2 unspecified atom stereocenters. The molecule has 2 fully saturated rings. The van der Waals surface area contributed by atoms with Gasteiger partial charge in [-0.05, 0) is 38.1 Å². The monoisotopic (exact) mass is 227 g/mol. The van der Waals surface area contributed by atoms with Crippen molar-refractivity contribution in [3.8, 4) is 0 Å². The van der Waals surface area contributed by atoms with Crippen LogP contribution in [-0.4, -0.2) is 30.0 Å². The standard InChI is InChI=1S/C13H25NO2/c14-9-11-5-4-6-12(11)16-10-13(15)7-2-1-3-8-13/h11-12,15H,1-10,14H2. The molecule has 0 bridgehead atoms. The molecule has 0 spiro atoms. The highest BCUT2D eigenvalue weighted by atomic mass is 16.5. The summed E-state index contributed by atoms with van der Waals surface area (Å²) in [6, 6.07) is 0. The molecule has 2 aliphatic rings. The Morgan fingerprint density at radius 3 is 2.56 bits per heavy atom. The molecule has 3 N–H and O–H groups in total. The molecular formula is C13H25NO2. The van der Waals surface area contributed by atoms with Gasteiger partial charge in [-0.1, -0.05) is 25.7 Å². The normalized spacial score (nSPS) is 34.1. The fourth-order valence-electron chi connectivity index (χ4n) is 3.11. The summed E-state index contributed by atoms with van der Waals surface area (Å²) in [6.45, 7) is 1.25. The largest absolute Gasteiger partial charge is 0.387 e. The summed E-state index contributed by atoms with van der Waals surface area (Å²) >= 11 is 0. The van der Waals surface area contributed by atoms with E-state index >= 15 is 0 Å². The summed E-state index contributed by atoms with van der Waals surface area (Å²) in [5.41, 5.74) is 5.18. The van der Waals surface area contributed by atoms with E-state index in [1.165, 1.54) is 19.3 Å². The van der Waals surface area contributed by atoms with Crippen LogP contribution in [0.4, 0.5) is 0 Å². The first-order valence-corrected chi connectivity index (χ1v) is 6.77. The van der Waals surface area contributed by atoms with Gasteiger partial charge in [-0.3, -0.25) is 0 Å². The maximum absolute atomic E-state index is 10.3. The molecule has 3 nitrogen and oxygen atoms in total. The van der Waals surface area contributed by atoms with Crippen LogP contribution in [0.1, 0.15) is 51.4 Å². The van der Waals surface area contributed by atoms with Gasteiger partial charge in [0.25, 0.3) is 0 Å². The lowest BCUT2D eigenvalue weighted by molar-refractivity contribution is -0.0970. The molecule has 2 saturated carbocycles. The highest BCUT2D eigenvalue weighted by molar-refractivity contribution is 4.84. The molecule has 0 amide bonds. The van der Waals surface area contributed by atoms with Crippen molar-refractivity contribution in [1.82, 2.24) is 0 Å². The third-order valence-electron chi connectivity index (χ3n) is 4.24. The van der Waals surface area contributed by atoms with Crippen LogP contribution in [0.3, 0.4) is 0 Å². The van der Waals surface area contributed by atoms with Crippen molar-refractivity contribution in [3.05, 3.63) is 0 Å². The molecule has 0 heterocycles. The van der Waals surface area contributed by atoms with Gasteiger partial charge in [0.05, 0.1) is 18.3 Å². The van der Waals surface area contributed by atoms with Crippen LogP contribution < -0.4 is 5.73 Å². The van der Waals surface area contributed by atoms with Crippen molar-refractivity contribution >= 4 is 0 Å². The number of aliphatic hydroxyl groups is 1. The summed E-state index contributed by atoms with van der Waals surface area (Å²) in [7, 11) is 0. The third-order valence-corrected chi connectivity index (χ3v) is 4.24. The number of rotatable bonds is 4. The highest BCUT2D eigenvalue weighted by Gasteiger charge is 2.33. The molecule has 2 atom stereocenters. The van der Waals surface area contributed by atoms with Crippen LogP contribution in [0, 0.1) is 5.92 Å². The summed E-state index contributed by atoms with van der Waals surface area (Å²) in [6.07, 6.45) is 9.21. The fraction of sp³-hybridized carbons (Fsp3) is 1.00. The van der Waals surface area contributed by atoms with Crippen LogP contribution in [-0.2, 0) is 4.74 Å². The maximum Gasteiger partial charge on any atom is 0.0880 e. The Bertz CT molecular complexity index is 214. The SMILES string of the molecule is NCC1CCCC1OCC1(O)CCCCC1. The Labute approximate surface area is 98.4 Å². The molecule has 16 heavy (non-hydrogen) atoms. The van der Waals surface area contributed by atoms with E-state index in [9.17, 15) is 5.11 Å². The van der Waals surface area contributed by atoms with Gasteiger partial charge in [0.15, 0.2) is 0 Å². The van der Waals surface area contributed by atoms with Crippen molar-refractivity contribution in [2.24, 2.45) is 11.7 Å². The first kappa shape index (κ1) is 12.3. The predicted octanol–water partition coefficient (Wildman–Crippen LogP) is 1.83. The average molecular weight is 227 g/mol. The van der Waals surface area contributed by atoms with E-state index in [0.717, 1.165) is 38.6 Å². The average Bonchev–Trinajstić information content (AvgIpc) is 2.75. The van der Waals surface area contributed by atoms with E-state index in [4.69, 9.17) is 10.5 Å². The molecule has 0 aromatic heterocycles. The molecule has 0 aliphatic heterocycles. The van der Waals surface area contributed by atoms with Gasteiger partial charge < -0.3 is 15.6 Å². The molecule has 2 aliphatic carbocycles. The Hall–Kier alpha value is -0.120. The highest BCUT2D eigenvalue weighted by Crippen LogP contribution is 2.32. The van der Waals surface area contributed by atoms with E-state index in [1.807, 2.05) is 0 Å². The van der Waals surface area contributed by atoms with Gasteiger partial charge >= 0.3 is 0 Å². The quantitative estimate of drug-likeness (QED) is 0.770. The minimum absolute atomic E-state index is 0.302. The lowest BCUT2D eigenvalue weighted by Crippen LogP contribution is -2.39. The van der Waals surface area contributed by atoms with Crippen molar-refractivity contribution < 1.29 is 9.84 Å². The van der Waals surface area contributed by atoms with E-state index in [-0.39, 0.29) is 0 Å². The van der Waals surface area contributed by atoms with E-state index in [0.29, 0.717) is 18.6 Å². The molecule has 2 rings (SSSR count). The van der Waals surface area contributed by atoms with E-state index in [2.05, 4.69) is 0 Å². The van der Waals surface area contributed by atoms with Crippen LogP contribution in [0.2, 0.25) is 0 Å². The third kappa shape index (κ3) is 2.96. The zero-order valence-corrected chi connectivity index (χ0v) is 10.2. The first-order valence-electron chi connectivity index (χ1n) is 6.77. The number of hydrogen-bond donors (Lipinski definition) is 2. The minimum atomic E-state index is -0.542. The van der Waals surface area contributed by atoms with Gasteiger partial charge in [-0.2, -0.15) is 0 Å². The maximum atomic E-state index is 10.3. The van der Waals surface area contributed by atoms with Gasteiger partial charge in [-0.25, -0.2) is 0 Å². The topological polar surface area (TPSA) is 55.5 Å². The predicted molar refractivity (Wildman–Crippen MR) is 64.2 cm³/mol. The molecular weight excluding hydrogens is 202 g/mol. The van der Waals surface area contributed by atoms with Crippen LogP contribution >= 0.6 is 0 Å². The molecule has 0 saturated heterocycles. The second-order valence-corrected chi connectivity index (χ2v) is 5.56. The Morgan fingerprint density at radius 2 is 1.88 bits per heavy atom. The summed E-state index contributed by atoms with van der Waals surface area (Å²) in [5.74, 6) is 0.521. The second kappa shape index (κ2) is 5.48. The first-order chi connectivity index (χ1) is 7.73. The van der Waals surface area contributed by atoms with Crippen molar-refractivity contribution in [2.75, 3.05) is 13.2 Å². The van der Waals surface area contributed by atoms with Gasteiger partial charge in [-0.15, -0.1) is 0 Å². The van der Waals surface area contributed by atoms with Crippen molar-refractivity contribution in [3.63, 3.8) is 0 Å². The van der Waals surface area contributed by atoms with E-state index < -0.39 is 5.60 Å². The summed E-state index contributed by atoms with van der Waals surface area (Å²) in [4.78, 5) is 0. The van der Waals surface area contributed by atoms with Crippen LogP contribution in [0.15, 0.2) is 0 Å². The van der Waals surface area contributed by atoms with Gasteiger partial charge in [0.1, 0.15) is 0 Å². The Kier molecular flexibility index (Phi) is 4.22. The lowest BCUT2D eigenvalue weighted by Gasteiger charge is -2.33. The Morgan fingerprint density at radius 1 is 1.12 bits per heavy atom. The summed E-state index contributed by atoms with van der Waals surface area (Å²) < 4.78 is 5.92. The van der Waals surface area contributed by atoms with Gasteiger partial charge in [0.2, 0.25) is 0 Å². The van der Waals surface area contributed by atoms with Crippen molar-refractivity contribution in [1.29, 1.82) is 0 Å². The zero-order valence-electron chi connectivity index (χ0n) is 10.2.